The van der Waals surface area contributed by atoms with E-state index in [0.717, 1.165) is 11.0 Å². The van der Waals surface area contributed by atoms with Crippen LogP contribution in [0.4, 0.5) is 0 Å². The maximum atomic E-state index is 10.3. The Kier molecular flexibility index (Phi) is 14.0. The van der Waals surface area contributed by atoms with Gasteiger partial charge in [0.1, 0.15) is 13.2 Å². The summed E-state index contributed by atoms with van der Waals surface area (Å²) in [5, 5.41) is 0. The van der Waals surface area contributed by atoms with Crippen molar-refractivity contribution >= 4 is 54.9 Å². The van der Waals surface area contributed by atoms with Gasteiger partial charge in [0.2, 0.25) is 0 Å². The van der Waals surface area contributed by atoms with Crippen LogP contribution >= 0.6 is 0 Å². The van der Waals surface area contributed by atoms with Gasteiger partial charge in [-0.1, -0.05) is 0 Å². The molecule has 12 heavy (non-hydrogen) atoms. The molecule has 0 saturated carbocycles. The Morgan fingerprint density at radius 3 is 2.00 bits per heavy atom. The van der Waals surface area contributed by atoms with Crippen LogP contribution in [-0.2, 0) is 9.53 Å². The number of hydrogen-bond donors (Lipinski definition) is 0. The molecule has 3 nitrogen and oxygen atoms in total. The van der Waals surface area contributed by atoms with Gasteiger partial charge in [-0.3, -0.25) is 4.79 Å². The number of carbonyl (C=O) groups is 1. The normalized spacial score (nSPS) is 9.33. The van der Waals surface area contributed by atoms with E-state index in [2.05, 4.69) is 21.1 Å². The Hall–Kier alpha value is 1.29. The summed E-state index contributed by atoms with van der Waals surface area (Å²) in [5.74, 6) is -0.201. The quantitative estimate of drug-likeness (QED) is 0.313. The van der Waals surface area contributed by atoms with Crippen molar-refractivity contribution in [2.24, 2.45) is 0 Å². The van der Waals surface area contributed by atoms with Gasteiger partial charge in [0.15, 0.2) is 0 Å². The number of likely N-dealkylation sites (N-methyl/N-ethyl adjacent to an activating group) is 1. The molecule has 5 heteroatoms. The Bertz CT molecular complexity index is 125. The minimum absolute atomic E-state index is 0. The molecular weight excluding hydrogens is 303 g/mol. The maximum Gasteiger partial charge on any atom is 0.302 e. The number of nitrogens with zero attached hydrogens (tertiary/aromatic N) is 1. The van der Waals surface area contributed by atoms with E-state index in [1.165, 1.54) is 6.92 Å². The van der Waals surface area contributed by atoms with E-state index >= 15 is 0 Å². The van der Waals surface area contributed by atoms with E-state index in [1.807, 2.05) is 0 Å². The zero-order chi connectivity index (χ0) is 8.20. The molecule has 0 aromatic rings. The zero-order valence-corrected chi connectivity index (χ0v) is 13.5. The van der Waals surface area contributed by atoms with Crippen LogP contribution in [0.15, 0.2) is 0 Å². The topological polar surface area (TPSA) is 26.3 Å². The van der Waals surface area contributed by atoms with Crippen molar-refractivity contribution in [2.75, 3.05) is 34.3 Å². The Balaban J connectivity index is -0.000000405. The van der Waals surface area contributed by atoms with Gasteiger partial charge in [-0.15, -0.1) is 0 Å². The second kappa shape index (κ2) is 8.87. The molecule has 0 N–H and O–H groups in total. The number of hydrogen-bond acceptors (Lipinski definition) is 2. The monoisotopic (exact) mass is 319 g/mol. The first-order chi connectivity index (χ1) is 4.42. The minimum Gasteiger partial charge on any atom is -1.00 e. The maximum absolute atomic E-state index is 10.3. The van der Waals surface area contributed by atoms with Gasteiger partial charge in [0, 0.05) is 55.8 Å². The van der Waals surface area contributed by atoms with Gasteiger partial charge < -0.3 is 21.6 Å². The third kappa shape index (κ3) is 17.4. The largest absolute Gasteiger partial charge is 1.00 e. The molecule has 0 amide bonds. The predicted molar refractivity (Wildman–Crippen MR) is 45.3 cm³/mol. The van der Waals surface area contributed by atoms with Crippen molar-refractivity contribution in [3.05, 3.63) is 0 Å². The summed E-state index contributed by atoms with van der Waals surface area (Å²) >= 11 is 0. The van der Waals surface area contributed by atoms with Crippen LogP contribution < -0.4 is 12.4 Å². The van der Waals surface area contributed by atoms with Gasteiger partial charge in [-0.2, -0.15) is 0 Å². The van der Waals surface area contributed by atoms with Crippen molar-refractivity contribution in [2.45, 2.75) is 6.92 Å². The summed E-state index contributed by atoms with van der Waals surface area (Å²) < 4.78 is 5.59. The fraction of sp³-hybridized carbons (Fsp3) is 0.857. The number of halogens is 1. The van der Waals surface area contributed by atoms with Crippen molar-refractivity contribution in [3.8, 4) is 0 Å². The van der Waals surface area contributed by atoms with Crippen LogP contribution in [0.3, 0.4) is 0 Å². The first kappa shape index (κ1) is 19.0. The summed E-state index contributed by atoms with van der Waals surface area (Å²) in [7, 11) is 6.18. The summed E-state index contributed by atoms with van der Waals surface area (Å²) in [6, 6.07) is 0. The molecule has 0 aliphatic heterocycles. The molecule has 70 valence electrons. The van der Waals surface area contributed by atoms with Crippen LogP contribution in [0.1, 0.15) is 6.92 Å². The van der Waals surface area contributed by atoms with E-state index in [1.54, 1.807) is 0 Å². The third-order valence-electron chi connectivity index (χ3n) is 1.07. The fourth-order valence-electron chi connectivity index (χ4n) is 0.463. The van der Waals surface area contributed by atoms with Gasteiger partial charge in [-0.25, -0.2) is 0 Å². The van der Waals surface area contributed by atoms with Crippen molar-refractivity contribution < 1.29 is 26.4 Å². The average molecular weight is 319 g/mol. The number of carbonyl (C=O) groups excluding carboxylic acids is 1. The zero-order valence-electron chi connectivity index (χ0n) is 8.26. The molecule has 0 rings (SSSR count). The number of rotatable bonds is 3. The van der Waals surface area contributed by atoms with E-state index in [0.29, 0.717) is 6.61 Å². The minimum atomic E-state index is -0.201. The first-order valence-electron chi connectivity index (χ1n) is 3.35. The third-order valence-corrected chi connectivity index (χ3v) is 1.07. The first-order valence-corrected chi connectivity index (χ1v) is 3.35. The average Bonchev–Trinajstić information content (AvgIpc) is 1.59. The second-order valence-corrected chi connectivity index (χ2v) is 3.35. The molecule has 0 atom stereocenters. The summed E-state index contributed by atoms with van der Waals surface area (Å²) in [6.45, 7) is 2.80. The number of quaternary nitrogens is 1. The molecular formula is C7H16BaClNO2. The molecule has 0 heterocycles. The smallest absolute Gasteiger partial charge is 0.302 e. The number of ether oxygens (including phenoxy) is 1. The molecule has 0 aliphatic rings. The number of esters is 1. The summed E-state index contributed by atoms with van der Waals surface area (Å²) in [4.78, 5) is 10.3. The predicted octanol–water partition coefficient (Wildman–Crippen LogP) is -3.12. The second-order valence-electron chi connectivity index (χ2n) is 3.35. The van der Waals surface area contributed by atoms with Gasteiger partial charge in [-0.05, 0) is 0 Å². The molecule has 0 aliphatic carbocycles. The Morgan fingerprint density at radius 1 is 1.33 bits per heavy atom. The van der Waals surface area contributed by atoms with Crippen molar-refractivity contribution in [3.63, 3.8) is 0 Å². The van der Waals surface area contributed by atoms with E-state index < -0.39 is 0 Å². The van der Waals surface area contributed by atoms with Crippen molar-refractivity contribution in [1.29, 1.82) is 0 Å². The van der Waals surface area contributed by atoms with Crippen LogP contribution in [-0.4, -0.2) is 93.6 Å². The van der Waals surface area contributed by atoms with Crippen molar-refractivity contribution in [1.82, 2.24) is 0 Å². The summed E-state index contributed by atoms with van der Waals surface area (Å²) in [5.41, 5.74) is 0. The van der Waals surface area contributed by atoms with Crippen LogP contribution in [0, 0.1) is 0 Å². The van der Waals surface area contributed by atoms with E-state index in [-0.39, 0.29) is 67.3 Å². The van der Waals surface area contributed by atoms with Gasteiger partial charge >= 0.3 is 5.97 Å². The van der Waals surface area contributed by atoms with E-state index in [9.17, 15) is 4.79 Å². The summed E-state index contributed by atoms with van der Waals surface area (Å²) in [6.07, 6.45) is 0. The van der Waals surface area contributed by atoms with Crippen LogP contribution in [0.2, 0.25) is 0 Å². The van der Waals surface area contributed by atoms with Gasteiger partial charge in [0.05, 0.1) is 21.1 Å². The Morgan fingerprint density at radius 2 is 1.75 bits per heavy atom. The molecule has 2 radical (unpaired) electrons. The molecule has 0 bridgehead atoms. The van der Waals surface area contributed by atoms with Crippen LogP contribution in [0.25, 0.3) is 0 Å². The van der Waals surface area contributed by atoms with Gasteiger partial charge in [0.25, 0.3) is 0 Å². The molecule has 0 unspecified atom stereocenters. The molecule has 0 aromatic carbocycles. The van der Waals surface area contributed by atoms with Crippen LogP contribution in [0.5, 0.6) is 0 Å². The molecule has 0 fully saturated rings. The molecule has 0 saturated heterocycles. The molecule has 0 spiro atoms. The van der Waals surface area contributed by atoms with E-state index in [4.69, 9.17) is 4.74 Å². The SMILES string of the molecule is CC(=O)OCC[N+](C)(C)C.[Ba].[Cl-]. The fourth-order valence-corrected chi connectivity index (χ4v) is 0.463. The molecule has 0 aromatic heterocycles. The Labute approximate surface area is 121 Å². The standard InChI is InChI=1S/C7H16NO2.Ba.ClH/c1-7(9)10-6-5-8(2,3)4;;/h5-6H2,1-4H3;;1H/q+1;;/p-1.